The van der Waals surface area contributed by atoms with Gasteiger partial charge in [-0.15, -0.1) is 0 Å². The smallest absolute Gasteiger partial charge is 0.306 e. The van der Waals surface area contributed by atoms with Gasteiger partial charge in [0.15, 0.2) is 0 Å². The van der Waals surface area contributed by atoms with Gasteiger partial charge in [-0.1, -0.05) is 163 Å². The Kier molecular flexibility index (Phi) is 37.8. The summed E-state index contributed by atoms with van der Waals surface area (Å²) in [5, 5.41) is 0. The van der Waals surface area contributed by atoms with Crippen LogP contribution in [0.1, 0.15) is 233 Å². The molecule has 0 saturated carbocycles. The maximum Gasteiger partial charge on any atom is 0.306 e. The third kappa shape index (κ3) is 34.8. The van der Waals surface area contributed by atoms with Gasteiger partial charge in [0.05, 0.1) is 6.61 Å². The van der Waals surface area contributed by atoms with Crippen LogP contribution >= 0.6 is 0 Å². The van der Waals surface area contributed by atoms with E-state index in [9.17, 15) is 9.59 Å². The second kappa shape index (κ2) is 38.7. The predicted octanol–water partition coefficient (Wildman–Crippen LogP) is 13.3. The van der Waals surface area contributed by atoms with Crippen LogP contribution in [0.4, 0.5) is 0 Å². The van der Waals surface area contributed by atoms with Crippen molar-refractivity contribution >= 4 is 11.9 Å². The van der Waals surface area contributed by atoms with Gasteiger partial charge in [-0.2, -0.15) is 0 Å². The molecule has 0 fully saturated rings. The van der Waals surface area contributed by atoms with E-state index in [0.717, 1.165) is 58.0 Å². The number of unbranched alkanes of at least 4 members (excludes halogenated alkanes) is 23. The van der Waals surface area contributed by atoms with Gasteiger partial charge >= 0.3 is 11.9 Å². The molecule has 0 rings (SSSR count). The Morgan fingerprint density at radius 2 is 0.812 bits per heavy atom. The summed E-state index contributed by atoms with van der Waals surface area (Å²) < 4.78 is 11.4. The first-order valence-electron chi connectivity index (χ1n) is 21.6. The second-order valence-corrected chi connectivity index (χ2v) is 14.7. The fourth-order valence-corrected chi connectivity index (χ4v) is 6.65. The van der Waals surface area contributed by atoms with E-state index in [2.05, 4.69) is 32.6 Å². The minimum atomic E-state index is -0.00813. The quantitative estimate of drug-likeness (QED) is 0.0478. The van der Waals surface area contributed by atoms with Crippen LogP contribution in [-0.2, 0) is 19.1 Å². The van der Waals surface area contributed by atoms with Crippen molar-refractivity contribution in [3.8, 4) is 0 Å². The number of rotatable bonds is 39. The van der Waals surface area contributed by atoms with Gasteiger partial charge in [0, 0.05) is 12.8 Å². The van der Waals surface area contributed by atoms with Crippen molar-refractivity contribution in [1.82, 2.24) is 4.90 Å². The zero-order chi connectivity index (χ0) is 35.2. The number of ether oxygens (including phenoxy) is 2. The molecule has 0 aliphatic carbocycles. The maximum absolute atomic E-state index is 12.7. The molecule has 5 heteroatoms. The molecule has 0 aliphatic heterocycles. The predicted molar refractivity (Wildman–Crippen MR) is 208 cm³/mol. The number of esters is 2. The minimum absolute atomic E-state index is 0.00813. The SMILES string of the molecule is CCCCCCCCCOC(=O)CCCCCCCN(CC)CCCCCCC(=O)OC(CCCCCCCC)CCCCCCCC. The van der Waals surface area contributed by atoms with Crippen LogP contribution in [0.15, 0.2) is 0 Å². The van der Waals surface area contributed by atoms with E-state index in [1.54, 1.807) is 0 Å². The van der Waals surface area contributed by atoms with Gasteiger partial charge < -0.3 is 14.4 Å². The van der Waals surface area contributed by atoms with Gasteiger partial charge in [-0.3, -0.25) is 9.59 Å². The third-order valence-corrected chi connectivity index (χ3v) is 9.98. The third-order valence-electron chi connectivity index (χ3n) is 9.98. The zero-order valence-corrected chi connectivity index (χ0v) is 33.1. The highest BCUT2D eigenvalue weighted by Crippen LogP contribution is 2.18. The van der Waals surface area contributed by atoms with Gasteiger partial charge in [0.1, 0.15) is 6.10 Å². The van der Waals surface area contributed by atoms with Crippen LogP contribution in [0, 0.1) is 0 Å². The molecule has 0 aromatic heterocycles. The van der Waals surface area contributed by atoms with E-state index in [1.807, 2.05) is 0 Å². The van der Waals surface area contributed by atoms with Crippen LogP contribution in [0.3, 0.4) is 0 Å². The van der Waals surface area contributed by atoms with Crippen LogP contribution in [0.25, 0.3) is 0 Å². The molecule has 5 nitrogen and oxygen atoms in total. The second-order valence-electron chi connectivity index (χ2n) is 14.7. The van der Waals surface area contributed by atoms with Crippen LogP contribution in [-0.4, -0.2) is 49.2 Å². The first-order chi connectivity index (χ1) is 23.6. The van der Waals surface area contributed by atoms with Gasteiger partial charge in [0.25, 0.3) is 0 Å². The fourth-order valence-electron chi connectivity index (χ4n) is 6.65. The highest BCUT2D eigenvalue weighted by Gasteiger charge is 2.14. The Morgan fingerprint density at radius 3 is 1.27 bits per heavy atom. The Balaban J connectivity index is 3.88. The standard InChI is InChI=1S/C43H85NO4/c1-5-9-12-15-18-26-33-40-47-42(45)36-29-22-19-24-31-38-44(8-4)39-32-25-23-30-37-43(46)48-41(34-27-20-16-13-10-6-2)35-28-21-17-14-11-7-3/h41H,5-40H2,1-4H3. The summed E-state index contributed by atoms with van der Waals surface area (Å²) in [6.45, 7) is 13.1. The number of nitrogens with zero attached hydrogens (tertiary/aromatic N) is 1. The minimum Gasteiger partial charge on any atom is -0.466 e. The van der Waals surface area contributed by atoms with Crippen molar-refractivity contribution in [3.63, 3.8) is 0 Å². The van der Waals surface area contributed by atoms with E-state index in [-0.39, 0.29) is 18.0 Å². The van der Waals surface area contributed by atoms with Crippen molar-refractivity contribution in [2.75, 3.05) is 26.2 Å². The highest BCUT2D eigenvalue weighted by atomic mass is 16.5. The number of hydrogen-bond donors (Lipinski definition) is 0. The first kappa shape index (κ1) is 46.9. The molecule has 286 valence electrons. The van der Waals surface area contributed by atoms with Crippen molar-refractivity contribution < 1.29 is 19.1 Å². The summed E-state index contributed by atoms with van der Waals surface area (Å²) in [4.78, 5) is 27.2. The summed E-state index contributed by atoms with van der Waals surface area (Å²) in [5.41, 5.74) is 0. The normalized spacial score (nSPS) is 11.5. The van der Waals surface area contributed by atoms with Crippen molar-refractivity contribution in [1.29, 1.82) is 0 Å². The molecular formula is C43H85NO4. The molecule has 0 heterocycles. The highest BCUT2D eigenvalue weighted by molar-refractivity contribution is 5.69. The molecular weight excluding hydrogens is 594 g/mol. The molecule has 0 radical (unpaired) electrons. The summed E-state index contributed by atoms with van der Waals surface area (Å²) in [7, 11) is 0. The lowest BCUT2D eigenvalue weighted by atomic mass is 10.0. The lowest BCUT2D eigenvalue weighted by Crippen LogP contribution is -2.25. The molecule has 0 amide bonds. The maximum atomic E-state index is 12.7. The van der Waals surface area contributed by atoms with E-state index < -0.39 is 0 Å². The van der Waals surface area contributed by atoms with Gasteiger partial charge in [0.2, 0.25) is 0 Å². The van der Waals surface area contributed by atoms with Crippen LogP contribution in [0.2, 0.25) is 0 Å². The molecule has 0 saturated heterocycles. The van der Waals surface area contributed by atoms with E-state index in [0.29, 0.717) is 19.4 Å². The summed E-state index contributed by atoms with van der Waals surface area (Å²) in [6.07, 6.45) is 37.9. The van der Waals surface area contributed by atoms with Gasteiger partial charge in [-0.05, 0) is 77.4 Å². The van der Waals surface area contributed by atoms with Gasteiger partial charge in [-0.25, -0.2) is 0 Å². The molecule has 0 aromatic rings. The monoisotopic (exact) mass is 680 g/mol. The van der Waals surface area contributed by atoms with Crippen molar-refractivity contribution in [2.24, 2.45) is 0 Å². The molecule has 0 unspecified atom stereocenters. The summed E-state index contributed by atoms with van der Waals surface area (Å²) in [5.74, 6) is 0.0266. The number of hydrogen-bond acceptors (Lipinski definition) is 5. The number of carbonyl (C=O) groups is 2. The Hall–Kier alpha value is -1.10. The zero-order valence-electron chi connectivity index (χ0n) is 33.1. The molecule has 0 aromatic carbocycles. The lowest BCUT2D eigenvalue weighted by Gasteiger charge is -2.20. The van der Waals surface area contributed by atoms with Crippen molar-refractivity contribution in [2.45, 2.75) is 239 Å². The number of carbonyl (C=O) groups excluding carboxylic acids is 2. The Labute approximate surface area is 300 Å². The van der Waals surface area contributed by atoms with Crippen LogP contribution in [0.5, 0.6) is 0 Å². The fraction of sp³-hybridized carbons (Fsp3) is 0.953. The summed E-state index contributed by atoms with van der Waals surface area (Å²) in [6, 6.07) is 0. The van der Waals surface area contributed by atoms with E-state index >= 15 is 0 Å². The lowest BCUT2D eigenvalue weighted by molar-refractivity contribution is -0.150. The average molecular weight is 680 g/mol. The topological polar surface area (TPSA) is 55.8 Å². The average Bonchev–Trinajstić information content (AvgIpc) is 3.08. The molecule has 0 spiro atoms. The summed E-state index contributed by atoms with van der Waals surface area (Å²) >= 11 is 0. The van der Waals surface area contributed by atoms with E-state index in [4.69, 9.17) is 9.47 Å². The molecule has 0 aliphatic rings. The molecule has 0 bridgehead atoms. The Morgan fingerprint density at radius 1 is 0.438 bits per heavy atom. The van der Waals surface area contributed by atoms with Crippen LogP contribution < -0.4 is 0 Å². The molecule has 0 N–H and O–H groups in total. The molecule has 0 atom stereocenters. The molecule has 48 heavy (non-hydrogen) atoms. The van der Waals surface area contributed by atoms with Crippen molar-refractivity contribution in [3.05, 3.63) is 0 Å². The van der Waals surface area contributed by atoms with E-state index in [1.165, 1.54) is 154 Å². The Bertz CT molecular complexity index is 653. The first-order valence-corrected chi connectivity index (χ1v) is 21.6. The largest absolute Gasteiger partial charge is 0.466 e.